The summed E-state index contributed by atoms with van der Waals surface area (Å²) in [5.74, 6) is 0.0538. The fourth-order valence-corrected chi connectivity index (χ4v) is 0.542. The smallest absolute Gasteiger partial charge is 0.138 e. The van der Waals surface area contributed by atoms with Gasteiger partial charge in [0.15, 0.2) is 0 Å². The number of rotatable bonds is 0. The van der Waals surface area contributed by atoms with Crippen molar-refractivity contribution in [2.45, 2.75) is 0 Å². The van der Waals surface area contributed by atoms with Crippen LogP contribution in [0.15, 0.2) is 18.2 Å². The zero-order valence-electron chi connectivity index (χ0n) is 6.28. The van der Waals surface area contributed by atoms with E-state index in [1.807, 2.05) is 0 Å². The van der Waals surface area contributed by atoms with Crippen molar-refractivity contribution in [3.63, 3.8) is 0 Å². The molecular formula is C7H12N2O2. The van der Waals surface area contributed by atoms with Crippen molar-refractivity contribution in [1.82, 2.24) is 0 Å². The first-order valence-corrected chi connectivity index (χ1v) is 3.05. The Morgan fingerprint density at radius 2 is 1.73 bits per heavy atom. The monoisotopic (exact) mass is 156 g/mol. The summed E-state index contributed by atoms with van der Waals surface area (Å²) < 4.78 is 0. The molecule has 0 heterocycles. The van der Waals surface area contributed by atoms with E-state index in [9.17, 15) is 0 Å². The Bertz CT molecular complexity index is 226. The highest BCUT2D eigenvalue weighted by Crippen LogP contribution is 2.23. The van der Waals surface area contributed by atoms with Crippen LogP contribution in [-0.2, 0) is 0 Å². The summed E-state index contributed by atoms with van der Waals surface area (Å²) in [5, 5.41) is 17.6. The molecule has 0 atom stereocenters. The molecule has 11 heavy (non-hydrogen) atoms. The number of aromatic hydroxyl groups is 2. The molecule has 0 saturated heterocycles. The summed E-state index contributed by atoms with van der Waals surface area (Å²) in [6.07, 6.45) is 0. The van der Waals surface area contributed by atoms with E-state index in [2.05, 4.69) is 5.73 Å². The van der Waals surface area contributed by atoms with E-state index < -0.39 is 0 Å². The third-order valence-electron chi connectivity index (χ3n) is 1.01. The molecule has 0 aliphatic carbocycles. The van der Waals surface area contributed by atoms with E-state index in [0.717, 1.165) is 0 Å². The minimum atomic E-state index is -0.00667. The molecule has 62 valence electrons. The Labute approximate surface area is 65.1 Å². The second kappa shape index (κ2) is 4.40. The first-order valence-electron chi connectivity index (χ1n) is 3.05. The van der Waals surface area contributed by atoms with Gasteiger partial charge in [0, 0.05) is 6.07 Å². The molecule has 0 unspecified atom stereocenters. The van der Waals surface area contributed by atoms with E-state index in [1.165, 1.54) is 25.2 Å². The molecule has 1 aromatic rings. The van der Waals surface area contributed by atoms with Gasteiger partial charge >= 0.3 is 0 Å². The minimum Gasteiger partial charge on any atom is -0.508 e. The highest BCUT2D eigenvalue weighted by molar-refractivity contribution is 5.54. The Morgan fingerprint density at radius 1 is 1.18 bits per heavy atom. The number of hydrogen-bond donors (Lipinski definition) is 4. The third-order valence-corrected chi connectivity index (χ3v) is 1.01. The average molecular weight is 156 g/mol. The molecule has 0 aromatic heterocycles. The predicted octanol–water partition coefficient (Wildman–Crippen LogP) is 0.255. The van der Waals surface area contributed by atoms with Gasteiger partial charge in [-0.2, -0.15) is 0 Å². The number of nitrogen functional groups attached to an aromatic ring is 1. The molecule has 0 amide bonds. The number of anilines is 1. The number of hydrogen-bond acceptors (Lipinski definition) is 4. The Morgan fingerprint density at radius 3 is 2.09 bits per heavy atom. The second-order valence-corrected chi connectivity index (χ2v) is 1.74. The number of nitrogens with two attached hydrogens (primary N) is 2. The highest BCUT2D eigenvalue weighted by atomic mass is 16.3. The first-order chi connectivity index (χ1) is 5.20. The van der Waals surface area contributed by atoms with E-state index in [4.69, 9.17) is 15.9 Å². The van der Waals surface area contributed by atoms with Crippen LogP contribution in [0.3, 0.4) is 0 Å². The van der Waals surface area contributed by atoms with Crippen LogP contribution >= 0.6 is 0 Å². The van der Waals surface area contributed by atoms with Crippen molar-refractivity contribution in [2.24, 2.45) is 5.73 Å². The highest BCUT2D eigenvalue weighted by Gasteiger charge is 1.94. The fraction of sp³-hybridized carbons (Fsp3) is 0.143. The van der Waals surface area contributed by atoms with E-state index >= 15 is 0 Å². The molecule has 0 aliphatic heterocycles. The largest absolute Gasteiger partial charge is 0.508 e. The molecular weight excluding hydrogens is 144 g/mol. The molecule has 0 spiro atoms. The summed E-state index contributed by atoms with van der Waals surface area (Å²) >= 11 is 0. The molecule has 4 heteroatoms. The van der Waals surface area contributed by atoms with Crippen LogP contribution in [0.4, 0.5) is 5.69 Å². The van der Waals surface area contributed by atoms with Crippen molar-refractivity contribution >= 4 is 5.69 Å². The van der Waals surface area contributed by atoms with Crippen molar-refractivity contribution in [1.29, 1.82) is 0 Å². The van der Waals surface area contributed by atoms with Crippen LogP contribution < -0.4 is 11.5 Å². The van der Waals surface area contributed by atoms with Crippen molar-refractivity contribution in [3.8, 4) is 11.5 Å². The zero-order valence-corrected chi connectivity index (χ0v) is 6.28. The van der Waals surface area contributed by atoms with Gasteiger partial charge in [-0.15, -0.1) is 0 Å². The molecule has 0 aliphatic rings. The van der Waals surface area contributed by atoms with Gasteiger partial charge in [0.1, 0.15) is 11.5 Å². The van der Waals surface area contributed by atoms with Gasteiger partial charge in [0.25, 0.3) is 0 Å². The van der Waals surface area contributed by atoms with Gasteiger partial charge in [-0.25, -0.2) is 0 Å². The molecule has 6 N–H and O–H groups in total. The molecule has 0 radical (unpaired) electrons. The maximum absolute atomic E-state index is 8.81. The summed E-state index contributed by atoms with van der Waals surface area (Å²) in [5.41, 5.74) is 9.90. The van der Waals surface area contributed by atoms with E-state index in [0.29, 0.717) is 0 Å². The summed E-state index contributed by atoms with van der Waals surface area (Å²) in [4.78, 5) is 0. The predicted molar refractivity (Wildman–Crippen MR) is 44.3 cm³/mol. The first kappa shape index (κ1) is 9.58. The lowest BCUT2D eigenvalue weighted by Gasteiger charge is -1.96. The van der Waals surface area contributed by atoms with Crippen molar-refractivity contribution in [2.75, 3.05) is 12.8 Å². The maximum atomic E-state index is 8.81. The number of phenols is 2. The topological polar surface area (TPSA) is 92.5 Å². The Kier molecular flexibility index (Phi) is 3.84. The Balaban J connectivity index is 0.000000461. The lowest BCUT2D eigenvalue weighted by molar-refractivity contribution is 0.462. The number of benzene rings is 1. The van der Waals surface area contributed by atoms with Crippen LogP contribution in [-0.4, -0.2) is 17.3 Å². The third kappa shape index (κ3) is 2.77. The summed E-state index contributed by atoms with van der Waals surface area (Å²) in [6, 6.07) is 3.99. The van der Waals surface area contributed by atoms with Crippen LogP contribution in [0, 0.1) is 0 Å². The maximum Gasteiger partial charge on any atom is 0.138 e. The van der Waals surface area contributed by atoms with Crippen molar-refractivity contribution in [3.05, 3.63) is 18.2 Å². The molecule has 4 nitrogen and oxygen atoms in total. The van der Waals surface area contributed by atoms with Crippen LogP contribution in [0.5, 0.6) is 11.5 Å². The zero-order chi connectivity index (χ0) is 8.85. The molecule has 1 rings (SSSR count). The average Bonchev–Trinajstić information content (AvgIpc) is 2.02. The molecule has 0 fully saturated rings. The number of phenolic OH excluding ortho intramolecular Hbond substituents is 2. The van der Waals surface area contributed by atoms with Crippen molar-refractivity contribution < 1.29 is 10.2 Å². The molecule has 0 bridgehead atoms. The van der Waals surface area contributed by atoms with E-state index in [1.54, 1.807) is 0 Å². The van der Waals surface area contributed by atoms with Gasteiger partial charge in [-0.3, -0.25) is 0 Å². The Hall–Kier alpha value is -1.42. The van der Waals surface area contributed by atoms with Gasteiger partial charge in [0.2, 0.25) is 0 Å². The van der Waals surface area contributed by atoms with Gasteiger partial charge < -0.3 is 21.7 Å². The molecule has 1 aromatic carbocycles. The van der Waals surface area contributed by atoms with E-state index in [-0.39, 0.29) is 17.2 Å². The summed E-state index contributed by atoms with van der Waals surface area (Å²) in [6.45, 7) is 0. The van der Waals surface area contributed by atoms with Crippen LogP contribution in [0.1, 0.15) is 0 Å². The van der Waals surface area contributed by atoms with Gasteiger partial charge in [-0.1, -0.05) is 0 Å². The standard InChI is InChI=1S/C6H7NO2.CH5N/c7-5-3-4(8)1-2-6(5)9;1-2/h1-3,8-9H,7H2;2H2,1H3. The fourth-order valence-electron chi connectivity index (χ4n) is 0.542. The molecule has 0 saturated carbocycles. The lowest BCUT2D eigenvalue weighted by atomic mass is 10.3. The SMILES string of the molecule is CN.Nc1cc(O)ccc1O. The lowest BCUT2D eigenvalue weighted by Crippen LogP contribution is -1.83. The normalized spacial score (nSPS) is 8.18. The van der Waals surface area contributed by atoms with Crippen LogP contribution in [0.2, 0.25) is 0 Å². The quantitative estimate of drug-likeness (QED) is 0.246. The minimum absolute atomic E-state index is 0.00667. The van der Waals surface area contributed by atoms with Gasteiger partial charge in [0.05, 0.1) is 5.69 Å². The van der Waals surface area contributed by atoms with Gasteiger partial charge in [-0.05, 0) is 19.2 Å². The van der Waals surface area contributed by atoms with Crippen LogP contribution in [0.25, 0.3) is 0 Å². The summed E-state index contributed by atoms with van der Waals surface area (Å²) in [7, 11) is 1.50. The second-order valence-electron chi connectivity index (χ2n) is 1.74.